The molecule has 6 atom stereocenters. The van der Waals surface area contributed by atoms with Crippen LogP contribution in [0.25, 0.3) is 20.7 Å². The summed E-state index contributed by atoms with van der Waals surface area (Å²) in [5.74, 6) is -7.45. The number of halogens is 1. The summed E-state index contributed by atoms with van der Waals surface area (Å²) < 4.78 is 8.22. The fraction of sp³-hybridized carbons (Fsp3) is 0.326. The van der Waals surface area contributed by atoms with Crippen LogP contribution in [0.1, 0.15) is 36.8 Å². The highest BCUT2D eigenvalue weighted by atomic mass is 35.5. The van der Waals surface area contributed by atoms with Gasteiger partial charge in [-0.1, -0.05) is 29.3 Å². The molecule has 318 valence electrons. The lowest BCUT2D eigenvalue weighted by Crippen LogP contribution is -2.49. The van der Waals surface area contributed by atoms with E-state index >= 15 is 9.59 Å². The summed E-state index contributed by atoms with van der Waals surface area (Å²) in [4.78, 5) is 86.3. The fourth-order valence-electron chi connectivity index (χ4n) is 10.5. The number of nitrogens with zero attached hydrogens (tertiary/aromatic N) is 7. The number of thiophene rings is 1. The average molecular weight is 880 g/mol. The van der Waals surface area contributed by atoms with Gasteiger partial charge >= 0.3 is 11.4 Å². The number of phenols is 1. The van der Waals surface area contributed by atoms with Crippen molar-refractivity contribution < 1.29 is 38.9 Å². The van der Waals surface area contributed by atoms with Crippen LogP contribution in [0.3, 0.4) is 0 Å². The number of hydrogen-bond acceptors (Lipinski definition) is 13. The molecule has 1 N–H and O–H groups in total. The summed E-state index contributed by atoms with van der Waals surface area (Å²) in [5, 5.41) is 42.4. The van der Waals surface area contributed by atoms with Gasteiger partial charge in [0.05, 0.1) is 50.7 Å². The standard InChI is InChI=1S/C43H38ClN7O10S/c1-19-24-14-20(44)10-13-32(24)62-38(19)27-18-33(47(5)45-27)49-40(54)26-17-25-22(36(43(26,2)42(49)56)35-30(52)8-7-9-31(35)61-6)11-12-23-34(25)41(55)48(39(23)53)21-15-28(50(57)58)37(46(3)4)29(16-21)51(59)60/h7-11,13-16,18,23,25-26,34,36,52H,12,17H2,1-6H3. The van der Waals surface area contributed by atoms with Gasteiger partial charge in [-0.2, -0.15) is 5.10 Å². The van der Waals surface area contributed by atoms with E-state index in [1.807, 2.05) is 19.1 Å². The van der Waals surface area contributed by atoms with Crippen LogP contribution in [0.4, 0.5) is 28.6 Å². The van der Waals surface area contributed by atoms with Gasteiger partial charge in [0.2, 0.25) is 23.6 Å². The van der Waals surface area contributed by atoms with Crippen molar-refractivity contribution in [3.63, 3.8) is 0 Å². The molecule has 5 aromatic rings. The number of aromatic nitrogens is 2. The molecule has 4 aliphatic rings. The number of fused-ring (bicyclic) bond motifs is 5. The molecular formula is C43H38ClN7O10S. The van der Waals surface area contributed by atoms with Gasteiger partial charge in [0, 0.05) is 60.5 Å². The first-order valence-corrected chi connectivity index (χ1v) is 20.8. The quantitative estimate of drug-likeness (QED) is 0.0704. The van der Waals surface area contributed by atoms with Gasteiger partial charge in [-0.25, -0.2) is 9.80 Å². The Bertz CT molecular complexity index is 2870. The number of phenolic OH excluding ortho intramolecular Hbond substituents is 1. The van der Waals surface area contributed by atoms with Crippen LogP contribution in [0.5, 0.6) is 11.5 Å². The number of hydrogen-bond donors (Lipinski definition) is 1. The van der Waals surface area contributed by atoms with Crippen molar-refractivity contribution in [2.45, 2.75) is 32.6 Å². The Kier molecular flexibility index (Phi) is 9.33. The van der Waals surface area contributed by atoms with E-state index in [1.54, 1.807) is 44.3 Å². The summed E-state index contributed by atoms with van der Waals surface area (Å²) in [6.07, 6.45) is 1.73. The zero-order valence-electron chi connectivity index (χ0n) is 34.1. The van der Waals surface area contributed by atoms with Crippen molar-refractivity contribution in [2.75, 3.05) is 35.9 Å². The first-order valence-electron chi connectivity index (χ1n) is 19.6. The van der Waals surface area contributed by atoms with Crippen molar-refractivity contribution in [1.82, 2.24) is 9.78 Å². The molecule has 4 amide bonds. The van der Waals surface area contributed by atoms with Crippen LogP contribution < -0.4 is 19.4 Å². The SMILES string of the molecule is COc1cccc(O)c1C1C2=CCC3C(=O)N(c4cc([N+](=O)[O-])c(N(C)C)c([N+](=O)[O-])c4)C(=O)C3C2CC2C(=O)N(c3cc(-c4sc5ccc(Cl)cc5c4C)nn3C)C(=O)C21C. The number of rotatable bonds is 8. The predicted molar refractivity (Wildman–Crippen MR) is 230 cm³/mol. The molecule has 0 radical (unpaired) electrons. The highest BCUT2D eigenvalue weighted by molar-refractivity contribution is 7.22. The first kappa shape index (κ1) is 40.7. The van der Waals surface area contributed by atoms with Gasteiger partial charge in [-0.3, -0.25) is 44.1 Å². The predicted octanol–water partition coefficient (Wildman–Crippen LogP) is 7.30. The highest BCUT2D eigenvalue weighted by Crippen LogP contribution is 2.65. The lowest BCUT2D eigenvalue weighted by molar-refractivity contribution is -0.392. The number of carbonyl (C=O) groups is 4. The van der Waals surface area contributed by atoms with Crippen LogP contribution in [-0.4, -0.2) is 69.6 Å². The maximum Gasteiger partial charge on any atom is 0.301 e. The van der Waals surface area contributed by atoms with Gasteiger partial charge in [0.15, 0.2) is 5.69 Å². The molecule has 1 saturated carbocycles. The fourth-order valence-corrected chi connectivity index (χ4v) is 11.8. The number of ether oxygens (including phenoxy) is 1. The maximum atomic E-state index is 15.3. The minimum atomic E-state index is -1.55. The van der Waals surface area contributed by atoms with Gasteiger partial charge in [0.25, 0.3) is 0 Å². The molecule has 19 heteroatoms. The second kappa shape index (κ2) is 14.2. The second-order valence-electron chi connectivity index (χ2n) is 16.5. The Morgan fingerprint density at radius 1 is 0.968 bits per heavy atom. The third-order valence-corrected chi connectivity index (χ3v) is 14.7. The molecule has 2 saturated heterocycles. The summed E-state index contributed by atoms with van der Waals surface area (Å²) in [6.45, 7) is 3.62. The normalized spacial score (nSPS) is 24.3. The van der Waals surface area contributed by atoms with Crippen molar-refractivity contribution in [3.8, 4) is 22.1 Å². The number of amides is 4. The number of methoxy groups -OCH3 is 1. The highest BCUT2D eigenvalue weighted by Gasteiger charge is 2.68. The smallest absolute Gasteiger partial charge is 0.301 e. The summed E-state index contributed by atoms with van der Waals surface area (Å²) >= 11 is 7.81. The van der Waals surface area contributed by atoms with Gasteiger partial charge < -0.3 is 14.7 Å². The van der Waals surface area contributed by atoms with Gasteiger partial charge in [-0.05, 0) is 73.9 Å². The Morgan fingerprint density at radius 2 is 1.66 bits per heavy atom. The number of imide groups is 2. The van der Waals surface area contributed by atoms with Crippen molar-refractivity contribution in [2.24, 2.45) is 36.1 Å². The van der Waals surface area contributed by atoms with E-state index in [-0.39, 0.29) is 47.1 Å². The van der Waals surface area contributed by atoms with E-state index < -0.39 is 79.9 Å². The van der Waals surface area contributed by atoms with Crippen LogP contribution in [0.15, 0.2) is 66.2 Å². The van der Waals surface area contributed by atoms with Crippen LogP contribution in [-0.2, 0) is 26.2 Å². The molecule has 2 aliphatic heterocycles. The number of carbonyl (C=O) groups excluding carboxylic acids is 4. The van der Waals surface area contributed by atoms with Crippen LogP contribution in [0.2, 0.25) is 5.02 Å². The number of nitro benzene ring substituents is 2. The molecule has 17 nitrogen and oxygen atoms in total. The Hall–Kier alpha value is -6.66. The van der Waals surface area contributed by atoms with E-state index in [4.69, 9.17) is 21.4 Å². The van der Waals surface area contributed by atoms with E-state index in [9.17, 15) is 34.9 Å². The monoisotopic (exact) mass is 879 g/mol. The molecule has 0 bridgehead atoms. The van der Waals surface area contributed by atoms with E-state index in [1.165, 1.54) is 48.2 Å². The third kappa shape index (κ3) is 5.61. The molecule has 9 rings (SSSR count). The van der Waals surface area contributed by atoms with E-state index in [0.29, 0.717) is 16.3 Å². The lowest BCUT2D eigenvalue weighted by Gasteiger charge is -2.49. The number of aryl methyl sites for hydroxylation is 2. The Morgan fingerprint density at radius 3 is 2.31 bits per heavy atom. The van der Waals surface area contributed by atoms with Crippen LogP contribution >= 0.6 is 22.9 Å². The number of anilines is 3. The number of benzene rings is 3. The molecule has 0 spiro atoms. The topological polar surface area (TPSA) is 212 Å². The minimum absolute atomic E-state index is 0.00136. The first-order chi connectivity index (χ1) is 29.4. The summed E-state index contributed by atoms with van der Waals surface area (Å²) in [6, 6.07) is 13.9. The molecule has 62 heavy (non-hydrogen) atoms. The zero-order chi connectivity index (χ0) is 44.4. The third-order valence-electron chi connectivity index (χ3n) is 13.2. The zero-order valence-corrected chi connectivity index (χ0v) is 35.7. The van der Waals surface area contributed by atoms with Gasteiger partial charge in [-0.15, -0.1) is 11.3 Å². The molecule has 6 unspecified atom stereocenters. The summed E-state index contributed by atoms with van der Waals surface area (Å²) in [7, 11) is 5.86. The molecule has 2 aromatic heterocycles. The second-order valence-corrected chi connectivity index (χ2v) is 18.0. The summed E-state index contributed by atoms with van der Waals surface area (Å²) in [5.41, 5.74) is -1.31. The maximum absolute atomic E-state index is 15.3. The number of allylic oxidation sites excluding steroid dienone is 2. The van der Waals surface area contributed by atoms with Crippen molar-refractivity contribution in [3.05, 3.63) is 103 Å². The van der Waals surface area contributed by atoms with Crippen LogP contribution in [0, 0.1) is 56.2 Å². The van der Waals surface area contributed by atoms with E-state index in [2.05, 4.69) is 0 Å². The minimum Gasteiger partial charge on any atom is -0.508 e. The lowest BCUT2D eigenvalue weighted by atomic mass is 9.51. The molecule has 2 aliphatic carbocycles. The van der Waals surface area contributed by atoms with Crippen molar-refractivity contribution in [1.29, 1.82) is 0 Å². The molecule has 3 aromatic carbocycles. The molecule has 3 fully saturated rings. The van der Waals surface area contributed by atoms with Crippen molar-refractivity contribution >= 4 is 85.2 Å². The van der Waals surface area contributed by atoms with E-state index in [0.717, 1.165) is 42.5 Å². The molecular weight excluding hydrogens is 842 g/mol. The Labute approximate surface area is 362 Å². The largest absolute Gasteiger partial charge is 0.508 e. The number of nitro groups is 2. The Balaban J connectivity index is 1.17. The average Bonchev–Trinajstić information content (AvgIpc) is 3.90. The number of aromatic hydroxyl groups is 1. The van der Waals surface area contributed by atoms with Gasteiger partial charge in [0.1, 0.15) is 23.0 Å². The molecule has 4 heterocycles.